The number of amides is 1. The van der Waals surface area contributed by atoms with Gasteiger partial charge in [-0.2, -0.15) is 0 Å². The van der Waals surface area contributed by atoms with E-state index in [4.69, 9.17) is 9.97 Å². The molecule has 6 heteroatoms. The van der Waals surface area contributed by atoms with Crippen molar-refractivity contribution in [1.82, 2.24) is 15.3 Å². The monoisotopic (exact) mass is 426 g/mol. The van der Waals surface area contributed by atoms with Crippen LogP contribution in [0.15, 0.2) is 35.5 Å². The first-order valence-electron chi connectivity index (χ1n) is 10.9. The second kappa shape index (κ2) is 9.82. The van der Waals surface area contributed by atoms with E-state index >= 15 is 0 Å². The van der Waals surface area contributed by atoms with Gasteiger partial charge in [-0.15, -0.1) is 0 Å². The highest BCUT2D eigenvalue weighted by Crippen LogP contribution is 2.29. The molecule has 162 valence electrons. The molecular formula is C24H34N4OS. The van der Waals surface area contributed by atoms with E-state index in [0.29, 0.717) is 5.92 Å². The average Bonchev–Trinajstić information content (AvgIpc) is 3.54. The van der Waals surface area contributed by atoms with Gasteiger partial charge >= 0.3 is 0 Å². The number of nitrogens with zero attached hydrogens (tertiary/aromatic N) is 3. The maximum atomic E-state index is 12.4. The lowest BCUT2D eigenvalue weighted by atomic mass is 9.92. The second-order valence-corrected chi connectivity index (χ2v) is 10.2. The highest BCUT2D eigenvalue weighted by molar-refractivity contribution is 7.98. The molecule has 1 heterocycles. The van der Waals surface area contributed by atoms with Gasteiger partial charge in [-0.05, 0) is 42.9 Å². The van der Waals surface area contributed by atoms with Crippen molar-refractivity contribution in [3.63, 3.8) is 0 Å². The second-order valence-electron chi connectivity index (χ2n) is 9.21. The van der Waals surface area contributed by atoms with Gasteiger partial charge in [0.15, 0.2) is 5.16 Å². The predicted molar refractivity (Wildman–Crippen MR) is 125 cm³/mol. The van der Waals surface area contributed by atoms with E-state index in [2.05, 4.69) is 57.1 Å². The van der Waals surface area contributed by atoms with Crippen molar-refractivity contribution < 1.29 is 4.79 Å². The molecule has 1 aromatic carbocycles. The zero-order valence-electron chi connectivity index (χ0n) is 18.9. The number of rotatable bonds is 9. The largest absolute Gasteiger partial charge is 0.360 e. The standard InChI is InChI=1S/C24H34N4OS/c1-6-12-28(5)21-14-20(24(2,3)4)26-23(27-21)30-16-18-8-7-9-19(13-18)22(29)25-15-17-10-11-17/h7-9,13-14,17H,6,10-12,15-16H2,1-5H3,(H,25,29). The summed E-state index contributed by atoms with van der Waals surface area (Å²) in [6.07, 6.45) is 3.55. The first-order valence-corrected chi connectivity index (χ1v) is 11.9. The summed E-state index contributed by atoms with van der Waals surface area (Å²) in [6.45, 7) is 10.5. The number of hydrogen-bond acceptors (Lipinski definition) is 5. The lowest BCUT2D eigenvalue weighted by molar-refractivity contribution is 0.0951. The Morgan fingerprint density at radius 3 is 2.67 bits per heavy atom. The van der Waals surface area contributed by atoms with Crippen molar-refractivity contribution in [2.24, 2.45) is 5.92 Å². The third-order valence-electron chi connectivity index (χ3n) is 5.22. The molecule has 1 aromatic heterocycles. The van der Waals surface area contributed by atoms with E-state index in [1.165, 1.54) is 12.8 Å². The summed E-state index contributed by atoms with van der Waals surface area (Å²) in [5, 5.41) is 3.82. The first kappa shape index (κ1) is 22.6. The molecule has 1 saturated carbocycles. The Hall–Kier alpha value is -2.08. The molecule has 1 amide bonds. The van der Waals surface area contributed by atoms with E-state index in [0.717, 1.165) is 53.1 Å². The molecule has 0 radical (unpaired) electrons. The third-order valence-corrected chi connectivity index (χ3v) is 6.13. The van der Waals surface area contributed by atoms with Crippen LogP contribution in [0.5, 0.6) is 0 Å². The Kier molecular flexibility index (Phi) is 7.40. The zero-order valence-corrected chi connectivity index (χ0v) is 19.7. The van der Waals surface area contributed by atoms with E-state index in [1.54, 1.807) is 11.8 Å². The molecule has 0 atom stereocenters. The van der Waals surface area contributed by atoms with Crippen molar-refractivity contribution in [2.75, 3.05) is 25.0 Å². The Balaban J connectivity index is 1.71. The molecule has 0 unspecified atom stereocenters. The number of aromatic nitrogens is 2. The zero-order chi connectivity index (χ0) is 21.7. The molecule has 0 saturated heterocycles. The summed E-state index contributed by atoms with van der Waals surface area (Å²) < 4.78 is 0. The smallest absolute Gasteiger partial charge is 0.251 e. The van der Waals surface area contributed by atoms with Crippen molar-refractivity contribution in [1.29, 1.82) is 0 Å². The number of carbonyl (C=O) groups is 1. The summed E-state index contributed by atoms with van der Waals surface area (Å²) in [5.41, 5.74) is 2.83. The van der Waals surface area contributed by atoms with Crippen LogP contribution in [0.4, 0.5) is 5.82 Å². The topological polar surface area (TPSA) is 58.1 Å². The van der Waals surface area contributed by atoms with Crippen LogP contribution < -0.4 is 10.2 Å². The lowest BCUT2D eigenvalue weighted by Gasteiger charge is -2.23. The van der Waals surface area contributed by atoms with Crippen molar-refractivity contribution >= 4 is 23.5 Å². The minimum atomic E-state index is -0.0420. The highest BCUT2D eigenvalue weighted by Gasteiger charge is 2.22. The quantitative estimate of drug-likeness (QED) is 0.449. The summed E-state index contributed by atoms with van der Waals surface area (Å²) in [5.74, 6) is 2.39. The van der Waals surface area contributed by atoms with Crippen LogP contribution >= 0.6 is 11.8 Å². The third kappa shape index (κ3) is 6.46. The predicted octanol–water partition coefficient (Wildman–Crippen LogP) is 5.05. The molecule has 0 bridgehead atoms. The van der Waals surface area contributed by atoms with E-state index in [9.17, 15) is 4.79 Å². The minimum Gasteiger partial charge on any atom is -0.360 e. The van der Waals surface area contributed by atoms with Crippen LogP contribution in [0.1, 0.15) is 68.6 Å². The van der Waals surface area contributed by atoms with Gasteiger partial charge in [0.05, 0.1) is 5.69 Å². The highest BCUT2D eigenvalue weighted by atomic mass is 32.2. The molecular weight excluding hydrogens is 392 g/mol. The van der Waals surface area contributed by atoms with Crippen LogP contribution in [0.2, 0.25) is 0 Å². The fourth-order valence-corrected chi connectivity index (χ4v) is 3.91. The number of hydrogen-bond donors (Lipinski definition) is 1. The summed E-state index contributed by atoms with van der Waals surface area (Å²) in [6, 6.07) is 9.97. The van der Waals surface area contributed by atoms with Gasteiger partial charge in [-0.1, -0.05) is 51.6 Å². The van der Waals surface area contributed by atoms with E-state index < -0.39 is 0 Å². The Morgan fingerprint density at radius 1 is 1.23 bits per heavy atom. The van der Waals surface area contributed by atoms with Gasteiger partial charge in [0.2, 0.25) is 0 Å². The molecule has 1 fully saturated rings. The average molecular weight is 427 g/mol. The van der Waals surface area contributed by atoms with Gasteiger partial charge < -0.3 is 10.2 Å². The Morgan fingerprint density at radius 2 is 2.00 bits per heavy atom. The number of carbonyl (C=O) groups excluding carboxylic acids is 1. The van der Waals surface area contributed by atoms with Crippen molar-refractivity contribution in [2.45, 2.75) is 63.3 Å². The molecule has 0 spiro atoms. The molecule has 1 N–H and O–H groups in total. The lowest BCUT2D eigenvalue weighted by Crippen LogP contribution is -2.25. The van der Waals surface area contributed by atoms with Gasteiger partial charge in [-0.25, -0.2) is 9.97 Å². The summed E-state index contributed by atoms with van der Waals surface area (Å²) in [7, 11) is 2.08. The number of anilines is 1. The van der Waals surface area contributed by atoms with Crippen molar-refractivity contribution in [3.05, 3.63) is 47.2 Å². The number of nitrogens with one attached hydrogen (secondary N) is 1. The first-order chi connectivity index (χ1) is 14.3. The SMILES string of the molecule is CCCN(C)c1cc(C(C)(C)C)nc(SCc2cccc(C(=O)NCC3CC3)c2)n1. The number of benzene rings is 1. The van der Waals surface area contributed by atoms with Crippen LogP contribution in [0, 0.1) is 5.92 Å². The normalized spacial score (nSPS) is 13.9. The molecule has 5 nitrogen and oxygen atoms in total. The van der Waals surface area contributed by atoms with Crippen LogP contribution in [-0.4, -0.2) is 36.0 Å². The Bertz CT molecular complexity index is 874. The van der Waals surface area contributed by atoms with Gasteiger partial charge in [-0.3, -0.25) is 4.79 Å². The fourth-order valence-electron chi connectivity index (χ4n) is 3.12. The van der Waals surface area contributed by atoms with Gasteiger partial charge in [0.1, 0.15) is 5.82 Å². The molecule has 3 rings (SSSR count). The molecule has 2 aromatic rings. The summed E-state index contributed by atoms with van der Waals surface area (Å²) in [4.78, 5) is 24.2. The Labute approximate surface area is 185 Å². The summed E-state index contributed by atoms with van der Waals surface area (Å²) >= 11 is 1.62. The molecule has 1 aliphatic carbocycles. The van der Waals surface area contributed by atoms with E-state index in [1.807, 2.05) is 18.2 Å². The van der Waals surface area contributed by atoms with Crippen molar-refractivity contribution in [3.8, 4) is 0 Å². The van der Waals surface area contributed by atoms with Crippen LogP contribution in [0.25, 0.3) is 0 Å². The maximum absolute atomic E-state index is 12.4. The van der Waals surface area contributed by atoms with Gasteiger partial charge in [0, 0.05) is 42.9 Å². The molecule has 1 aliphatic rings. The van der Waals surface area contributed by atoms with Crippen LogP contribution in [0.3, 0.4) is 0 Å². The van der Waals surface area contributed by atoms with Gasteiger partial charge in [0.25, 0.3) is 5.91 Å². The molecule has 0 aliphatic heterocycles. The number of thioether (sulfide) groups is 1. The van der Waals surface area contributed by atoms with Crippen LogP contribution in [-0.2, 0) is 11.2 Å². The maximum Gasteiger partial charge on any atom is 0.251 e. The van der Waals surface area contributed by atoms with E-state index in [-0.39, 0.29) is 11.3 Å². The fraction of sp³-hybridized carbons (Fsp3) is 0.542. The molecule has 30 heavy (non-hydrogen) atoms. The minimum absolute atomic E-state index is 0.0169.